The number of rotatable bonds is 4. The van der Waals surface area contributed by atoms with E-state index in [9.17, 15) is 18.3 Å². The van der Waals surface area contributed by atoms with Gasteiger partial charge in [-0.3, -0.25) is 4.72 Å². The molecule has 1 aliphatic rings. The molecule has 2 N–H and O–H groups in total. The number of ether oxygens (including phenoxy) is 2. The predicted molar refractivity (Wildman–Crippen MR) is 86.7 cm³/mol. The van der Waals surface area contributed by atoms with Crippen molar-refractivity contribution in [3.05, 3.63) is 47.0 Å². The Kier molecular flexibility index (Phi) is 4.25. The lowest BCUT2D eigenvalue weighted by Gasteiger charge is -2.21. The molecule has 24 heavy (non-hydrogen) atoms. The van der Waals surface area contributed by atoms with Crippen LogP contribution in [0.5, 0.6) is 11.5 Å². The van der Waals surface area contributed by atoms with Gasteiger partial charge >= 0.3 is 5.97 Å². The van der Waals surface area contributed by atoms with Crippen LogP contribution in [0.15, 0.2) is 41.3 Å². The third kappa shape index (κ3) is 3.10. The summed E-state index contributed by atoms with van der Waals surface area (Å²) in [6, 6.07) is 8.56. The molecule has 1 aliphatic heterocycles. The van der Waals surface area contributed by atoms with Crippen molar-refractivity contribution in [2.24, 2.45) is 0 Å². The molecule has 0 saturated heterocycles. The zero-order chi connectivity index (χ0) is 17.3. The van der Waals surface area contributed by atoms with E-state index >= 15 is 0 Å². The molecule has 126 valence electrons. The van der Waals surface area contributed by atoms with Crippen LogP contribution >= 0.6 is 11.6 Å². The van der Waals surface area contributed by atoms with Gasteiger partial charge in [0.15, 0.2) is 11.5 Å². The standard InChI is InChI=1S/C15H12ClNO6S/c16-11-3-1-2-4-12(11)17-24(20,21)9-7-10(15(18)19)14-13(8-9)22-5-6-23-14/h1-4,7-8,17H,5-6H2,(H,18,19). The summed E-state index contributed by atoms with van der Waals surface area (Å²) < 4.78 is 38.0. The highest BCUT2D eigenvalue weighted by Crippen LogP contribution is 2.37. The number of anilines is 1. The second kappa shape index (κ2) is 6.21. The van der Waals surface area contributed by atoms with E-state index in [4.69, 9.17) is 21.1 Å². The molecule has 2 aromatic carbocycles. The van der Waals surface area contributed by atoms with E-state index in [0.29, 0.717) is 0 Å². The van der Waals surface area contributed by atoms with Crippen molar-refractivity contribution in [2.45, 2.75) is 4.90 Å². The highest BCUT2D eigenvalue weighted by atomic mass is 35.5. The molecular weight excluding hydrogens is 358 g/mol. The summed E-state index contributed by atoms with van der Waals surface area (Å²) in [6.07, 6.45) is 0. The quantitative estimate of drug-likeness (QED) is 0.858. The van der Waals surface area contributed by atoms with E-state index < -0.39 is 16.0 Å². The zero-order valence-corrected chi connectivity index (χ0v) is 13.7. The van der Waals surface area contributed by atoms with Gasteiger partial charge in [-0.15, -0.1) is 0 Å². The first-order valence-corrected chi connectivity index (χ1v) is 8.69. The molecule has 3 rings (SSSR count). The van der Waals surface area contributed by atoms with Crippen molar-refractivity contribution in [2.75, 3.05) is 17.9 Å². The van der Waals surface area contributed by atoms with E-state index in [-0.39, 0.29) is 45.9 Å². The molecule has 0 unspecified atom stereocenters. The average Bonchev–Trinajstić information content (AvgIpc) is 2.55. The molecule has 0 amide bonds. The SMILES string of the molecule is O=C(O)c1cc(S(=O)(=O)Nc2ccccc2Cl)cc2c1OCCO2. The van der Waals surface area contributed by atoms with Crippen LogP contribution in [-0.2, 0) is 10.0 Å². The maximum atomic E-state index is 12.6. The second-order valence-corrected chi connectivity index (χ2v) is 6.98. The Morgan fingerprint density at radius 3 is 2.58 bits per heavy atom. The topological polar surface area (TPSA) is 102 Å². The molecule has 0 saturated carbocycles. The summed E-state index contributed by atoms with van der Waals surface area (Å²) in [7, 11) is -4.06. The molecule has 1 heterocycles. The summed E-state index contributed by atoms with van der Waals surface area (Å²) in [6.45, 7) is 0.394. The van der Waals surface area contributed by atoms with Gasteiger partial charge in [-0.2, -0.15) is 0 Å². The Hall–Kier alpha value is -2.45. The number of hydrogen-bond acceptors (Lipinski definition) is 5. The fourth-order valence-corrected chi connectivity index (χ4v) is 3.55. The minimum Gasteiger partial charge on any atom is -0.486 e. The minimum atomic E-state index is -4.06. The average molecular weight is 370 g/mol. The van der Waals surface area contributed by atoms with Gasteiger partial charge in [0.2, 0.25) is 0 Å². The van der Waals surface area contributed by atoms with Crippen LogP contribution in [0.3, 0.4) is 0 Å². The van der Waals surface area contributed by atoms with E-state index in [1.165, 1.54) is 18.2 Å². The van der Waals surface area contributed by atoms with Crippen LogP contribution in [0, 0.1) is 0 Å². The minimum absolute atomic E-state index is 0.0189. The van der Waals surface area contributed by atoms with E-state index in [1.807, 2.05) is 0 Å². The van der Waals surface area contributed by atoms with E-state index in [2.05, 4.69) is 4.72 Å². The van der Waals surface area contributed by atoms with Crippen molar-refractivity contribution in [3.8, 4) is 11.5 Å². The van der Waals surface area contributed by atoms with Gasteiger partial charge in [-0.1, -0.05) is 23.7 Å². The molecule has 0 aromatic heterocycles. The second-order valence-electron chi connectivity index (χ2n) is 4.89. The maximum absolute atomic E-state index is 12.6. The molecular formula is C15H12ClNO6S. The largest absolute Gasteiger partial charge is 0.486 e. The van der Waals surface area contributed by atoms with Crippen molar-refractivity contribution >= 4 is 33.3 Å². The number of hydrogen-bond donors (Lipinski definition) is 2. The van der Waals surface area contributed by atoms with E-state index in [1.54, 1.807) is 12.1 Å². The predicted octanol–water partition coefficient (Wildman–Crippen LogP) is 2.61. The molecule has 2 aromatic rings. The van der Waals surface area contributed by atoms with Gasteiger partial charge < -0.3 is 14.6 Å². The van der Waals surface area contributed by atoms with Crippen LogP contribution in [0.25, 0.3) is 0 Å². The monoisotopic (exact) mass is 369 g/mol. The van der Waals surface area contributed by atoms with Crippen LogP contribution in [0.2, 0.25) is 5.02 Å². The number of nitrogens with one attached hydrogen (secondary N) is 1. The van der Waals surface area contributed by atoms with Crippen LogP contribution in [-0.4, -0.2) is 32.7 Å². The number of halogens is 1. The highest BCUT2D eigenvalue weighted by molar-refractivity contribution is 7.92. The smallest absolute Gasteiger partial charge is 0.339 e. The Labute approximate surface area is 142 Å². The lowest BCUT2D eigenvalue weighted by Crippen LogP contribution is -2.20. The van der Waals surface area contributed by atoms with Gasteiger partial charge in [0, 0.05) is 6.07 Å². The van der Waals surface area contributed by atoms with E-state index in [0.717, 1.165) is 6.07 Å². The Balaban J connectivity index is 2.06. The first kappa shape index (κ1) is 16.4. The van der Waals surface area contributed by atoms with Crippen LogP contribution < -0.4 is 14.2 Å². The Morgan fingerprint density at radius 1 is 1.17 bits per heavy atom. The number of sulfonamides is 1. The van der Waals surface area contributed by atoms with Gasteiger partial charge in [0.05, 0.1) is 15.6 Å². The molecule has 0 atom stereocenters. The van der Waals surface area contributed by atoms with Crippen LogP contribution in [0.1, 0.15) is 10.4 Å². The fraction of sp³-hybridized carbons (Fsp3) is 0.133. The van der Waals surface area contributed by atoms with Gasteiger partial charge in [0.1, 0.15) is 18.8 Å². The van der Waals surface area contributed by atoms with Gasteiger partial charge in [-0.05, 0) is 18.2 Å². The number of carboxylic acids is 1. The maximum Gasteiger partial charge on any atom is 0.339 e. The molecule has 0 spiro atoms. The zero-order valence-electron chi connectivity index (χ0n) is 12.2. The molecule has 9 heteroatoms. The number of carboxylic acid groups (broad SMARTS) is 1. The normalized spacial score (nSPS) is 13.4. The molecule has 0 fully saturated rings. The molecule has 0 radical (unpaired) electrons. The molecule has 0 bridgehead atoms. The number of benzene rings is 2. The first-order chi connectivity index (χ1) is 11.4. The Morgan fingerprint density at radius 2 is 1.88 bits per heavy atom. The van der Waals surface area contributed by atoms with Crippen LogP contribution in [0.4, 0.5) is 5.69 Å². The third-order valence-electron chi connectivity index (χ3n) is 3.27. The summed E-state index contributed by atoms with van der Waals surface area (Å²) in [5.41, 5.74) is -0.0994. The molecule has 7 nitrogen and oxygen atoms in total. The summed E-state index contributed by atoms with van der Waals surface area (Å²) in [5, 5.41) is 9.51. The summed E-state index contributed by atoms with van der Waals surface area (Å²) in [4.78, 5) is 11.1. The fourth-order valence-electron chi connectivity index (χ4n) is 2.19. The lowest BCUT2D eigenvalue weighted by atomic mass is 10.2. The van der Waals surface area contributed by atoms with Gasteiger partial charge in [0.25, 0.3) is 10.0 Å². The van der Waals surface area contributed by atoms with Crippen molar-refractivity contribution < 1.29 is 27.8 Å². The van der Waals surface area contributed by atoms with Crippen molar-refractivity contribution in [1.29, 1.82) is 0 Å². The lowest BCUT2D eigenvalue weighted by molar-refractivity contribution is 0.0685. The van der Waals surface area contributed by atoms with Crippen molar-refractivity contribution in [1.82, 2.24) is 0 Å². The number of carbonyl (C=O) groups is 1. The molecule has 0 aliphatic carbocycles. The first-order valence-electron chi connectivity index (χ1n) is 6.83. The highest BCUT2D eigenvalue weighted by Gasteiger charge is 2.26. The summed E-state index contributed by atoms with van der Waals surface area (Å²) >= 11 is 5.95. The number of fused-ring (bicyclic) bond motifs is 1. The Bertz CT molecular complexity index is 912. The van der Waals surface area contributed by atoms with Gasteiger partial charge in [-0.25, -0.2) is 13.2 Å². The number of para-hydroxylation sites is 1. The summed E-state index contributed by atoms with van der Waals surface area (Å²) in [5.74, 6) is -1.22. The van der Waals surface area contributed by atoms with Crippen molar-refractivity contribution in [3.63, 3.8) is 0 Å². The number of aromatic carboxylic acids is 1. The third-order valence-corrected chi connectivity index (χ3v) is 4.95.